The third kappa shape index (κ3) is 1.91. The SMILES string of the molecule is NCC(=O)c1ccnc2ccc(Br)cc12. The largest absolute Gasteiger partial charge is 0.324 e. The topological polar surface area (TPSA) is 56.0 Å². The zero-order valence-electron chi connectivity index (χ0n) is 7.90. The minimum Gasteiger partial charge on any atom is -0.324 e. The summed E-state index contributed by atoms with van der Waals surface area (Å²) in [6.07, 6.45) is 1.62. The highest BCUT2D eigenvalue weighted by molar-refractivity contribution is 9.10. The van der Waals surface area contributed by atoms with E-state index in [9.17, 15) is 4.79 Å². The number of aromatic nitrogens is 1. The van der Waals surface area contributed by atoms with Gasteiger partial charge in [-0.05, 0) is 24.3 Å². The Morgan fingerprint density at radius 3 is 2.93 bits per heavy atom. The summed E-state index contributed by atoms with van der Waals surface area (Å²) in [5.74, 6) is -0.0690. The second-order valence-electron chi connectivity index (χ2n) is 3.15. The van der Waals surface area contributed by atoms with E-state index in [2.05, 4.69) is 20.9 Å². The third-order valence-electron chi connectivity index (χ3n) is 2.19. The Bertz CT molecular complexity index is 525. The van der Waals surface area contributed by atoms with Gasteiger partial charge in [0.15, 0.2) is 5.78 Å². The zero-order chi connectivity index (χ0) is 10.8. The monoisotopic (exact) mass is 264 g/mol. The minimum atomic E-state index is -0.0690. The van der Waals surface area contributed by atoms with Crippen molar-refractivity contribution in [3.8, 4) is 0 Å². The number of pyridine rings is 1. The van der Waals surface area contributed by atoms with E-state index in [1.54, 1.807) is 12.3 Å². The van der Waals surface area contributed by atoms with Crippen molar-refractivity contribution < 1.29 is 4.79 Å². The zero-order valence-corrected chi connectivity index (χ0v) is 9.49. The van der Waals surface area contributed by atoms with Gasteiger partial charge in [-0.15, -0.1) is 0 Å². The highest BCUT2D eigenvalue weighted by Crippen LogP contribution is 2.21. The molecule has 0 spiro atoms. The lowest BCUT2D eigenvalue weighted by atomic mass is 10.1. The molecule has 0 saturated heterocycles. The first-order valence-corrected chi connectivity index (χ1v) is 5.29. The van der Waals surface area contributed by atoms with Crippen LogP contribution >= 0.6 is 15.9 Å². The Morgan fingerprint density at radius 1 is 1.40 bits per heavy atom. The summed E-state index contributed by atoms with van der Waals surface area (Å²) >= 11 is 3.37. The predicted octanol–water partition coefficient (Wildman–Crippen LogP) is 2.14. The van der Waals surface area contributed by atoms with Crippen molar-refractivity contribution in [3.05, 3.63) is 40.5 Å². The van der Waals surface area contributed by atoms with Gasteiger partial charge >= 0.3 is 0 Å². The van der Waals surface area contributed by atoms with Crippen LogP contribution in [0.3, 0.4) is 0 Å². The maximum atomic E-state index is 11.6. The predicted molar refractivity (Wildman–Crippen MR) is 62.8 cm³/mol. The maximum absolute atomic E-state index is 11.6. The van der Waals surface area contributed by atoms with Crippen molar-refractivity contribution in [2.45, 2.75) is 0 Å². The standard InChI is InChI=1S/C11H9BrN2O/c12-7-1-2-10-9(5-7)8(3-4-14-10)11(15)6-13/h1-5H,6,13H2. The molecule has 0 aliphatic carbocycles. The average Bonchev–Trinajstić information content (AvgIpc) is 2.27. The highest BCUT2D eigenvalue weighted by Gasteiger charge is 2.08. The molecule has 76 valence electrons. The van der Waals surface area contributed by atoms with Crippen molar-refractivity contribution in [1.29, 1.82) is 0 Å². The summed E-state index contributed by atoms with van der Waals surface area (Å²) in [7, 11) is 0. The first kappa shape index (κ1) is 10.3. The summed E-state index contributed by atoms with van der Waals surface area (Å²) in [4.78, 5) is 15.8. The van der Waals surface area contributed by atoms with Crippen LogP contribution in [0.1, 0.15) is 10.4 Å². The Morgan fingerprint density at radius 2 is 2.20 bits per heavy atom. The fourth-order valence-electron chi connectivity index (χ4n) is 1.47. The molecule has 15 heavy (non-hydrogen) atoms. The van der Waals surface area contributed by atoms with E-state index in [0.29, 0.717) is 5.56 Å². The average molecular weight is 265 g/mol. The number of hydrogen-bond donors (Lipinski definition) is 1. The van der Waals surface area contributed by atoms with Gasteiger partial charge in [-0.3, -0.25) is 9.78 Å². The van der Waals surface area contributed by atoms with Crippen LogP contribution in [-0.4, -0.2) is 17.3 Å². The molecule has 1 heterocycles. The van der Waals surface area contributed by atoms with Gasteiger partial charge in [0.1, 0.15) is 0 Å². The van der Waals surface area contributed by atoms with Gasteiger partial charge in [-0.2, -0.15) is 0 Å². The molecule has 0 atom stereocenters. The summed E-state index contributed by atoms with van der Waals surface area (Å²) in [6.45, 7) is 0.0195. The van der Waals surface area contributed by atoms with Crippen LogP contribution in [0, 0.1) is 0 Å². The molecule has 4 heteroatoms. The number of nitrogens with zero attached hydrogens (tertiary/aromatic N) is 1. The number of rotatable bonds is 2. The first-order chi connectivity index (χ1) is 7.22. The molecule has 0 aliphatic heterocycles. The Hall–Kier alpha value is -1.26. The van der Waals surface area contributed by atoms with E-state index in [0.717, 1.165) is 15.4 Å². The number of hydrogen-bond acceptors (Lipinski definition) is 3. The van der Waals surface area contributed by atoms with Gasteiger partial charge < -0.3 is 5.73 Å². The van der Waals surface area contributed by atoms with Gasteiger partial charge in [0, 0.05) is 21.6 Å². The van der Waals surface area contributed by atoms with Crippen LogP contribution in [-0.2, 0) is 0 Å². The Balaban J connectivity index is 2.74. The Labute approximate surface area is 95.4 Å². The molecule has 0 saturated carbocycles. The molecule has 0 amide bonds. The molecule has 2 N–H and O–H groups in total. The summed E-state index contributed by atoms with van der Waals surface area (Å²) < 4.78 is 0.925. The molecule has 3 nitrogen and oxygen atoms in total. The van der Waals surface area contributed by atoms with Crippen molar-refractivity contribution in [2.75, 3.05) is 6.54 Å². The van der Waals surface area contributed by atoms with Crippen LogP contribution in [0.2, 0.25) is 0 Å². The van der Waals surface area contributed by atoms with Crippen LogP contribution in [0.4, 0.5) is 0 Å². The van der Waals surface area contributed by atoms with E-state index in [1.807, 2.05) is 18.2 Å². The number of carbonyl (C=O) groups excluding carboxylic acids is 1. The lowest BCUT2D eigenvalue weighted by molar-refractivity contribution is 0.100. The second-order valence-corrected chi connectivity index (χ2v) is 4.06. The normalized spacial score (nSPS) is 10.5. The van der Waals surface area contributed by atoms with Gasteiger partial charge in [0.25, 0.3) is 0 Å². The molecule has 1 aromatic heterocycles. The maximum Gasteiger partial charge on any atom is 0.177 e. The highest BCUT2D eigenvalue weighted by atomic mass is 79.9. The summed E-state index contributed by atoms with van der Waals surface area (Å²) in [6, 6.07) is 7.34. The first-order valence-electron chi connectivity index (χ1n) is 4.50. The van der Waals surface area contributed by atoms with Crippen molar-refractivity contribution in [2.24, 2.45) is 5.73 Å². The molecule has 2 aromatic rings. The van der Waals surface area contributed by atoms with Crippen LogP contribution in [0.25, 0.3) is 10.9 Å². The van der Waals surface area contributed by atoms with Gasteiger partial charge in [0.2, 0.25) is 0 Å². The molecule has 0 fully saturated rings. The smallest absolute Gasteiger partial charge is 0.177 e. The number of fused-ring (bicyclic) bond motifs is 1. The van der Waals surface area contributed by atoms with Gasteiger partial charge in [-0.25, -0.2) is 0 Å². The Kier molecular flexibility index (Phi) is 2.79. The lowest BCUT2D eigenvalue weighted by Crippen LogP contribution is -2.14. The number of nitrogens with two attached hydrogens (primary N) is 1. The molecular formula is C11H9BrN2O. The minimum absolute atomic E-state index is 0.0195. The van der Waals surface area contributed by atoms with Gasteiger partial charge in [-0.1, -0.05) is 15.9 Å². The van der Waals surface area contributed by atoms with Crippen LogP contribution in [0.5, 0.6) is 0 Å². The second kappa shape index (κ2) is 4.08. The van der Waals surface area contributed by atoms with E-state index >= 15 is 0 Å². The molecule has 0 aliphatic rings. The van der Waals surface area contributed by atoms with Gasteiger partial charge in [0.05, 0.1) is 12.1 Å². The van der Waals surface area contributed by atoms with Crippen LogP contribution < -0.4 is 5.73 Å². The molecule has 2 rings (SSSR count). The molecular weight excluding hydrogens is 256 g/mol. The number of carbonyl (C=O) groups is 1. The number of halogens is 1. The molecule has 0 radical (unpaired) electrons. The number of ketones is 1. The van der Waals surface area contributed by atoms with E-state index in [-0.39, 0.29) is 12.3 Å². The molecule has 0 unspecified atom stereocenters. The summed E-state index contributed by atoms with van der Waals surface area (Å²) in [5, 5.41) is 0.835. The fraction of sp³-hybridized carbons (Fsp3) is 0.0909. The molecule has 0 bridgehead atoms. The lowest BCUT2D eigenvalue weighted by Gasteiger charge is -2.03. The van der Waals surface area contributed by atoms with Crippen LogP contribution in [0.15, 0.2) is 34.9 Å². The number of Topliss-reactive ketones (excluding diaryl/α,β-unsaturated/α-hetero) is 1. The quantitative estimate of drug-likeness (QED) is 0.846. The van der Waals surface area contributed by atoms with Crippen molar-refractivity contribution in [1.82, 2.24) is 4.98 Å². The fourth-order valence-corrected chi connectivity index (χ4v) is 1.83. The van der Waals surface area contributed by atoms with E-state index < -0.39 is 0 Å². The van der Waals surface area contributed by atoms with Crippen molar-refractivity contribution >= 4 is 32.6 Å². The van der Waals surface area contributed by atoms with E-state index in [4.69, 9.17) is 5.73 Å². The number of benzene rings is 1. The molecule has 1 aromatic carbocycles. The van der Waals surface area contributed by atoms with Crippen molar-refractivity contribution in [3.63, 3.8) is 0 Å². The van der Waals surface area contributed by atoms with E-state index in [1.165, 1.54) is 0 Å². The third-order valence-corrected chi connectivity index (χ3v) is 2.68. The summed E-state index contributed by atoms with van der Waals surface area (Å²) in [5.41, 5.74) is 6.78.